The van der Waals surface area contributed by atoms with Crippen LogP contribution in [0.2, 0.25) is 0 Å². The van der Waals surface area contributed by atoms with E-state index >= 15 is 0 Å². The lowest BCUT2D eigenvalue weighted by Crippen LogP contribution is -2.36. The van der Waals surface area contributed by atoms with Crippen LogP contribution in [-0.2, 0) is 6.54 Å². The maximum absolute atomic E-state index is 12.3. The number of nitrogens with zero attached hydrogens (tertiary/aromatic N) is 4. The van der Waals surface area contributed by atoms with Crippen molar-refractivity contribution in [2.24, 2.45) is 0 Å². The largest absolute Gasteiger partial charge is 0.490 e. The van der Waals surface area contributed by atoms with E-state index in [1.807, 2.05) is 29.3 Å². The van der Waals surface area contributed by atoms with Crippen molar-refractivity contribution in [3.8, 4) is 11.8 Å². The molecule has 0 aliphatic heterocycles. The molecule has 3 aromatic rings. The Morgan fingerprint density at radius 3 is 2.76 bits per heavy atom. The predicted octanol–water partition coefficient (Wildman–Crippen LogP) is 1.13. The average molecular weight is 339 g/mol. The van der Waals surface area contributed by atoms with Gasteiger partial charge in [-0.2, -0.15) is 5.26 Å². The second-order valence-electron chi connectivity index (χ2n) is 5.92. The summed E-state index contributed by atoms with van der Waals surface area (Å²) in [6, 6.07) is 9.09. The van der Waals surface area contributed by atoms with Gasteiger partial charge in [0.2, 0.25) is 5.52 Å². The number of benzene rings is 1. The second-order valence-corrected chi connectivity index (χ2v) is 5.92. The first-order valence-corrected chi connectivity index (χ1v) is 7.92. The molecule has 0 unspecified atom stereocenters. The molecule has 128 valence electrons. The molecule has 0 aliphatic rings. The number of hydrogen-bond donors (Lipinski definition) is 2. The number of aromatic amines is 1. The molecule has 0 radical (unpaired) electrons. The van der Waals surface area contributed by atoms with Gasteiger partial charge in [0.15, 0.2) is 6.33 Å². The van der Waals surface area contributed by atoms with Gasteiger partial charge in [-0.05, 0) is 38.1 Å². The first kappa shape index (κ1) is 16.5. The van der Waals surface area contributed by atoms with Crippen LogP contribution >= 0.6 is 0 Å². The Balaban J connectivity index is 1.83. The monoisotopic (exact) mass is 339 g/mol. The number of nitriles is 1. The topological polar surface area (TPSA) is 114 Å². The lowest BCUT2D eigenvalue weighted by Gasteiger charge is -2.05. The Morgan fingerprint density at radius 1 is 1.40 bits per heavy atom. The van der Waals surface area contributed by atoms with Crippen LogP contribution < -0.4 is 20.6 Å². The van der Waals surface area contributed by atoms with Crippen molar-refractivity contribution >= 4 is 17.1 Å². The first-order valence-electron chi connectivity index (χ1n) is 7.92. The van der Waals surface area contributed by atoms with E-state index in [4.69, 9.17) is 15.7 Å². The van der Waals surface area contributed by atoms with Crippen molar-refractivity contribution in [2.75, 3.05) is 12.3 Å². The van der Waals surface area contributed by atoms with E-state index in [0.717, 1.165) is 0 Å². The molecular weight excluding hydrogens is 320 g/mol. The van der Waals surface area contributed by atoms with Crippen molar-refractivity contribution in [2.45, 2.75) is 26.4 Å². The lowest BCUT2D eigenvalue weighted by atomic mass is 10.2. The van der Waals surface area contributed by atoms with Crippen molar-refractivity contribution in [1.82, 2.24) is 14.5 Å². The molecule has 8 nitrogen and oxygen atoms in total. The van der Waals surface area contributed by atoms with Gasteiger partial charge in [-0.15, -0.1) is 0 Å². The Morgan fingerprint density at radius 2 is 2.12 bits per heavy atom. The fourth-order valence-corrected chi connectivity index (χ4v) is 2.61. The summed E-state index contributed by atoms with van der Waals surface area (Å²) in [5.74, 6) is 0.766. The maximum Gasteiger partial charge on any atom is 0.311 e. The minimum absolute atomic E-state index is 0.0958. The van der Waals surface area contributed by atoms with Crippen LogP contribution in [0.15, 0.2) is 35.4 Å². The van der Waals surface area contributed by atoms with Crippen molar-refractivity contribution < 1.29 is 9.30 Å². The van der Waals surface area contributed by atoms with E-state index < -0.39 is 0 Å². The van der Waals surface area contributed by atoms with Crippen molar-refractivity contribution in [1.29, 1.82) is 5.26 Å². The van der Waals surface area contributed by atoms with Crippen LogP contribution in [-0.4, -0.2) is 21.1 Å². The number of anilines is 1. The minimum atomic E-state index is -0.278. The second kappa shape index (κ2) is 6.65. The Labute approximate surface area is 144 Å². The van der Waals surface area contributed by atoms with Gasteiger partial charge in [0.25, 0.3) is 11.5 Å². The highest BCUT2D eigenvalue weighted by molar-refractivity contribution is 5.67. The number of hydrogen-bond acceptors (Lipinski definition) is 5. The Hall–Kier alpha value is -3.34. The van der Waals surface area contributed by atoms with Crippen LogP contribution in [0.4, 0.5) is 5.95 Å². The third kappa shape index (κ3) is 3.30. The smallest absolute Gasteiger partial charge is 0.311 e. The fourth-order valence-electron chi connectivity index (χ4n) is 2.61. The van der Waals surface area contributed by atoms with Crippen LogP contribution in [0.3, 0.4) is 0 Å². The van der Waals surface area contributed by atoms with Gasteiger partial charge < -0.3 is 10.5 Å². The zero-order valence-electron chi connectivity index (χ0n) is 14.1. The molecule has 0 saturated heterocycles. The highest BCUT2D eigenvalue weighted by Crippen LogP contribution is 2.12. The zero-order valence-corrected chi connectivity index (χ0v) is 14.1. The lowest BCUT2D eigenvalue weighted by molar-refractivity contribution is -0.693. The zero-order chi connectivity index (χ0) is 18.0. The van der Waals surface area contributed by atoms with Gasteiger partial charge in [0.05, 0.1) is 17.7 Å². The molecule has 25 heavy (non-hydrogen) atoms. The maximum atomic E-state index is 12.3. The molecule has 0 saturated carbocycles. The number of imidazole rings is 1. The van der Waals surface area contributed by atoms with Gasteiger partial charge >= 0.3 is 5.65 Å². The molecule has 1 aromatic carbocycles. The Kier molecular flexibility index (Phi) is 4.39. The number of nitrogens with one attached hydrogen (secondary N) is 1. The summed E-state index contributed by atoms with van der Waals surface area (Å²) in [6.07, 6.45) is 1.85. The molecule has 3 rings (SSSR count). The number of nitrogens with two attached hydrogens (primary N) is 1. The predicted molar refractivity (Wildman–Crippen MR) is 92.0 cm³/mol. The van der Waals surface area contributed by atoms with E-state index in [-0.39, 0.29) is 17.5 Å². The summed E-state index contributed by atoms with van der Waals surface area (Å²) in [5.41, 5.74) is 6.98. The summed E-state index contributed by atoms with van der Waals surface area (Å²) < 4.78 is 9.41. The van der Waals surface area contributed by atoms with Gasteiger partial charge in [-0.3, -0.25) is 14.3 Å². The fraction of sp³-hybridized carbons (Fsp3) is 0.294. The summed E-state index contributed by atoms with van der Waals surface area (Å²) in [5, 5.41) is 8.80. The number of rotatable bonds is 5. The third-order valence-corrected chi connectivity index (χ3v) is 3.83. The summed E-state index contributed by atoms with van der Waals surface area (Å²) in [4.78, 5) is 19.1. The Bertz CT molecular complexity index is 995. The van der Waals surface area contributed by atoms with E-state index in [1.54, 1.807) is 24.3 Å². The summed E-state index contributed by atoms with van der Waals surface area (Å²) in [7, 11) is 0. The molecule has 0 atom stereocenters. The highest BCUT2D eigenvalue weighted by atomic mass is 16.5. The quantitative estimate of drug-likeness (QED) is 0.676. The van der Waals surface area contributed by atoms with Crippen molar-refractivity contribution in [3.63, 3.8) is 0 Å². The highest BCUT2D eigenvalue weighted by Gasteiger charge is 2.22. The molecule has 0 fully saturated rings. The molecule has 0 bridgehead atoms. The molecule has 2 aromatic heterocycles. The number of ether oxygens (including phenoxy) is 1. The SMILES string of the molecule is CC(C)[n+]1cn(CCOc2ccc(C#N)cc2)c2c(=O)[nH]c(N)nc21. The molecule has 2 heterocycles. The minimum Gasteiger partial charge on any atom is -0.490 e. The average Bonchev–Trinajstić information content (AvgIpc) is 2.94. The van der Waals surface area contributed by atoms with Crippen LogP contribution in [0, 0.1) is 11.3 Å². The summed E-state index contributed by atoms with van der Waals surface area (Å²) >= 11 is 0. The molecule has 0 amide bonds. The molecule has 0 spiro atoms. The summed E-state index contributed by atoms with van der Waals surface area (Å²) in [6.45, 7) is 4.87. The van der Waals surface area contributed by atoms with E-state index in [0.29, 0.717) is 35.6 Å². The van der Waals surface area contributed by atoms with Gasteiger partial charge in [-0.25, -0.2) is 4.57 Å². The van der Waals surface area contributed by atoms with E-state index in [9.17, 15) is 4.79 Å². The number of aromatic nitrogens is 4. The number of nitrogen functional groups attached to an aromatic ring is 1. The van der Waals surface area contributed by atoms with Gasteiger partial charge in [0.1, 0.15) is 18.9 Å². The van der Waals surface area contributed by atoms with E-state index in [2.05, 4.69) is 16.0 Å². The van der Waals surface area contributed by atoms with Crippen LogP contribution in [0.25, 0.3) is 11.2 Å². The first-order chi connectivity index (χ1) is 12.0. The molecule has 0 aliphatic carbocycles. The standard InChI is InChI=1S/C17H18N6O2/c1-11(2)23-10-22(14-15(23)20-17(19)21-16(14)24)7-8-25-13-5-3-12(9-18)4-6-13/h3-6,10-11H,7-8H2,1-2H3,(H2-,19,20,21,24)/p+1. The number of H-pyrrole nitrogens is 1. The molecular formula is C17H19N6O2+. The van der Waals surface area contributed by atoms with Crippen molar-refractivity contribution in [3.05, 3.63) is 46.5 Å². The third-order valence-electron chi connectivity index (χ3n) is 3.83. The van der Waals surface area contributed by atoms with Crippen LogP contribution in [0.5, 0.6) is 5.75 Å². The van der Waals surface area contributed by atoms with Gasteiger partial charge in [0, 0.05) is 0 Å². The molecule has 3 N–H and O–H groups in total. The van der Waals surface area contributed by atoms with E-state index in [1.165, 1.54) is 0 Å². The normalized spacial score (nSPS) is 11.0. The van der Waals surface area contributed by atoms with Crippen LogP contribution in [0.1, 0.15) is 25.5 Å². The molecule has 8 heteroatoms. The number of fused-ring (bicyclic) bond motifs is 1. The van der Waals surface area contributed by atoms with Gasteiger partial charge in [-0.1, -0.05) is 4.98 Å².